The van der Waals surface area contributed by atoms with Crippen LogP contribution in [0.3, 0.4) is 0 Å². The molecular formula is C18H16NO5S-. The zero-order chi connectivity index (χ0) is 18.0. The fourth-order valence-electron chi connectivity index (χ4n) is 3.00. The molecule has 0 unspecified atom stereocenters. The molecule has 1 heterocycles. The highest BCUT2D eigenvalue weighted by molar-refractivity contribution is 7.17. The monoisotopic (exact) mass is 358 g/mol. The van der Waals surface area contributed by atoms with E-state index in [-0.39, 0.29) is 11.1 Å². The number of carbonyl (C=O) groups is 3. The molecule has 7 heteroatoms. The molecule has 1 N–H and O–H groups in total. The van der Waals surface area contributed by atoms with E-state index in [4.69, 9.17) is 4.74 Å². The van der Waals surface area contributed by atoms with E-state index >= 15 is 0 Å². The number of esters is 1. The average Bonchev–Trinajstić information content (AvgIpc) is 2.98. The quantitative estimate of drug-likeness (QED) is 0.844. The van der Waals surface area contributed by atoms with Crippen molar-refractivity contribution in [3.8, 4) is 0 Å². The molecular weight excluding hydrogens is 342 g/mol. The molecule has 1 aliphatic rings. The molecule has 0 radical (unpaired) electrons. The number of nitrogens with one attached hydrogen (secondary N) is 1. The van der Waals surface area contributed by atoms with Crippen LogP contribution in [0.1, 0.15) is 54.4 Å². The molecule has 2 aromatic rings. The van der Waals surface area contributed by atoms with Crippen LogP contribution in [0.2, 0.25) is 0 Å². The van der Waals surface area contributed by atoms with E-state index in [2.05, 4.69) is 5.32 Å². The van der Waals surface area contributed by atoms with Crippen LogP contribution in [0.25, 0.3) is 0 Å². The third-order valence-corrected chi connectivity index (χ3v) is 5.39. The van der Waals surface area contributed by atoms with Crippen LogP contribution < -0.4 is 10.4 Å². The molecule has 0 saturated heterocycles. The Bertz CT molecular complexity index is 855. The highest BCUT2D eigenvalue weighted by Gasteiger charge is 2.27. The number of benzene rings is 1. The Hall–Kier alpha value is -2.67. The average molecular weight is 358 g/mol. The molecule has 0 bridgehead atoms. The van der Waals surface area contributed by atoms with Gasteiger partial charge in [-0.1, -0.05) is 18.2 Å². The van der Waals surface area contributed by atoms with Gasteiger partial charge >= 0.3 is 5.97 Å². The number of carbonyl (C=O) groups excluding carboxylic acids is 3. The molecule has 6 nitrogen and oxygen atoms in total. The molecule has 0 aliphatic heterocycles. The minimum Gasteiger partial charge on any atom is -0.545 e. The summed E-state index contributed by atoms with van der Waals surface area (Å²) in [7, 11) is 1.30. The van der Waals surface area contributed by atoms with Crippen LogP contribution in [0.5, 0.6) is 0 Å². The SMILES string of the molecule is COC(=O)c1c(NC(=O)c2ccccc2C(=O)[O-])sc2c1CCCC2. The number of ether oxygens (including phenoxy) is 1. The molecule has 1 aliphatic carbocycles. The lowest BCUT2D eigenvalue weighted by atomic mass is 9.95. The number of fused-ring (bicyclic) bond motifs is 1. The number of thiophene rings is 1. The lowest BCUT2D eigenvalue weighted by molar-refractivity contribution is -0.255. The summed E-state index contributed by atoms with van der Waals surface area (Å²) in [6, 6.07) is 5.81. The van der Waals surface area contributed by atoms with E-state index < -0.39 is 17.8 Å². The first-order valence-corrected chi connectivity index (χ1v) is 8.69. The van der Waals surface area contributed by atoms with Crippen molar-refractivity contribution >= 4 is 34.2 Å². The van der Waals surface area contributed by atoms with Gasteiger partial charge in [0.15, 0.2) is 0 Å². The van der Waals surface area contributed by atoms with Gasteiger partial charge in [0.1, 0.15) is 5.00 Å². The standard InChI is InChI=1S/C18H17NO5S/c1-24-18(23)14-12-8-4-5-9-13(12)25-16(14)19-15(20)10-6-2-3-7-11(10)17(21)22/h2-3,6-7H,4-5,8-9H2,1H3,(H,19,20)(H,21,22)/p-1. The lowest BCUT2D eigenvalue weighted by Crippen LogP contribution is -2.26. The van der Waals surface area contributed by atoms with E-state index in [0.29, 0.717) is 10.6 Å². The number of hydrogen-bond acceptors (Lipinski definition) is 6. The Labute approximate surface area is 148 Å². The summed E-state index contributed by atoms with van der Waals surface area (Å²) in [6.07, 6.45) is 3.64. The van der Waals surface area contributed by atoms with Crippen molar-refractivity contribution in [3.05, 3.63) is 51.4 Å². The number of carboxylic acids is 1. The van der Waals surface area contributed by atoms with Crippen molar-refractivity contribution in [2.45, 2.75) is 25.7 Å². The summed E-state index contributed by atoms with van der Waals surface area (Å²) in [5, 5.41) is 14.3. The van der Waals surface area contributed by atoms with Gasteiger partial charge in [-0.25, -0.2) is 4.79 Å². The van der Waals surface area contributed by atoms with E-state index in [9.17, 15) is 19.5 Å². The molecule has 1 aromatic carbocycles. The Morgan fingerprint density at radius 1 is 1.12 bits per heavy atom. The van der Waals surface area contributed by atoms with E-state index in [0.717, 1.165) is 36.1 Å². The highest BCUT2D eigenvalue weighted by Crippen LogP contribution is 2.38. The van der Waals surface area contributed by atoms with Crippen molar-refractivity contribution in [1.29, 1.82) is 0 Å². The molecule has 130 valence electrons. The van der Waals surface area contributed by atoms with Crippen LogP contribution in [-0.2, 0) is 17.6 Å². The van der Waals surface area contributed by atoms with Crippen LogP contribution in [0, 0.1) is 0 Å². The molecule has 25 heavy (non-hydrogen) atoms. The minimum absolute atomic E-state index is 0.00955. The van der Waals surface area contributed by atoms with Crippen LogP contribution in [-0.4, -0.2) is 25.0 Å². The summed E-state index contributed by atoms with van der Waals surface area (Å²) in [6.45, 7) is 0. The number of rotatable bonds is 4. The normalized spacial score (nSPS) is 13.0. The third-order valence-electron chi connectivity index (χ3n) is 4.18. The predicted molar refractivity (Wildman–Crippen MR) is 91.0 cm³/mol. The highest BCUT2D eigenvalue weighted by atomic mass is 32.1. The van der Waals surface area contributed by atoms with Crippen molar-refractivity contribution in [3.63, 3.8) is 0 Å². The first-order chi connectivity index (χ1) is 12.0. The van der Waals surface area contributed by atoms with Gasteiger partial charge in [0.25, 0.3) is 5.91 Å². The van der Waals surface area contributed by atoms with E-state index in [1.807, 2.05) is 0 Å². The Morgan fingerprint density at radius 3 is 2.48 bits per heavy atom. The number of anilines is 1. The number of aromatic carboxylic acids is 1. The number of carboxylic acid groups (broad SMARTS) is 1. The van der Waals surface area contributed by atoms with Gasteiger partial charge in [-0.3, -0.25) is 4.79 Å². The maximum atomic E-state index is 12.6. The van der Waals surface area contributed by atoms with Gasteiger partial charge in [0.05, 0.1) is 18.6 Å². The molecule has 3 rings (SSSR count). The number of methoxy groups -OCH3 is 1. The maximum Gasteiger partial charge on any atom is 0.341 e. The number of aryl methyl sites for hydroxylation is 1. The first kappa shape index (κ1) is 17.2. The Kier molecular flexibility index (Phi) is 4.85. The van der Waals surface area contributed by atoms with Gasteiger partial charge < -0.3 is 20.0 Å². The molecule has 1 aromatic heterocycles. The molecule has 0 atom stereocenters. The van der Waals surface area contributed by atoms with Gasteiger partial charge in [-0.05, 0) is 37.3 Å². The smallest absolute Gasteiger partial charge is 0.341 e. The molecule has 1 amide bonds. The van der Waals surface area contributed by atoms with Crippen LogP contribution in [0.15, 0.2) is 24.3 Å². The van der Waals surface area contributed by atoms with Gasteiger partial charge in [-0.15, -0.1) is 11.3 Å². The second-order valence-electron chi connectivity index (χ2n) is 5.69. The van der Waals surface area contributed by atoms with Crippen LogP contribution in [0.4, 0.5) is 5.00 Å². The summed E-state index contributed by atoms with van der Waals surface area (Å²) >= 11 is 1.35. The van der Waals surface area contributed by atoms with Crippen molar-refractivity contribution < 1.29 is 24.2 Å². The van der Waals surface area contributed by atoms with Crippen LogP contribution >= 0.6 is 11.3 Å². The number of amides is 1. The summed E-state index contributed by atoms with van der Waals surface area (Å²) < 4.78 is 4.86. The minimum atomic E-state index is -1.43. The van der Waals surface area contributed by atoms with E-state index in [1.165, 1.54) is 36.6 Å². The zero-order valence-corrected chi connectivity index (χ0v) is 14.4. The first-order valence-electron chi connectivity index (χ1n) is 7.87. The summed E-state index contributed by atoms with van der Waals surface area (Å²) in [5.74, 6) is -2.52. The van der Waals surface area contributed by atoms with E-state index in [1.54, 1.807) is 6.07 Å². The summed E-state index contributed by atoms with van der Waals surface area (Å²) in [5.41, 5.74) is 1.10. The maximum absolute atomic E-state index is 12.6. The molecule has 0 saturated carbocycles. The van der Waals surface area contributed by atoms with Gasteiger partial charge in [0.2, 0.25) is 0 Å². The fourth-order valence-corrected chi connectivity index (χ4v) is 4.27. The third kappa shape index (κ3) is 3.28. The second-order valence-corrected chi connectivity index (χ2v) is 6.80. The zero-order valence-electron chi connectivity index (χ0n) is 13.6. The van der Waals surface area contributed by atoms with Gasteiger partial charge in [0, 0.05) is 16.0 Å². The van der Waals surface area contributed by atoms with Crippen molar-refractivity contribution in [2.75, 3.05) is 12.4 Å². The Balaban J connectivity index is 1.98. The fraction of sp³-hybridized carbons (Fsp3) is 0.278. The summed E-state index contributed by atoms with van der Waals surface area (Å²) in [4.78, 5) is 37.0. The lowest BCUT2D eigenvalue weighted by Gasteiger charge is -2.12. The number of hydrogen-bond donors (Lipinski definition) is 1. The topological polar surface area (TPSA) is 95.5 Å². The molecule has 0 fully saturated rings. The predicted octanol–water partition coefficient (Wildman–Crippen LogP) is 2.03. The largest absolute Gasteiger partial charge is 0.545 e. The second kappa shape index (κ2) is 7.06. The molecule has 0 spiro atoms. The van der Waals surface area contributed by atoms with Crippen molar-refractivity contribution in [2.24, 2.45) is 0 Å². The van der Waals surface area contributed by atoms with Crippen molar-refractivity contribution in [1.82, 2.24) is 0 Å². The Morgan fingerprint density at radius 2 is 1.80 bits per heavy atom. The van der Waals surface area contributed by atoms with Gasteiger partial charge in [-0.2, -0.15) is 0 Å².